The molecule has 2 N–H and O–H groups in total. The minimum atomic E-state index is -3.16. The highest BCUT2D eigenvalue weighted by molar-refractivity contribution is 6.34. The first-order valence-corrected chi connectivity index (χ1v) is 13.4. The lowest BCUT2D eigenvalue weighted by molar-refractivity contribution is -0.133. The number of carbonyl (C=O) groups excluding carboxylic acids is 3. The van der Waals surface area contributed by atoms with E-state index >= 15 is 0 Å². The summed E-state index contributed by atoms with van der Waals surface area (Å²) in [6.45, 7) is -1.51. The molecule has 1 aliphatic rings. The van der Waals surface area contributed by atoms with Crippen LogP contribution in [0.2, 0.25) is 5.02 Å². The zero-order chi connectivity index (χ0) is 32.6. The van der Waals surface area contributed by atoms with E-state index in [1.165, 1.54) is 35.0 Å². The highest BCUT2D eigenvalue weighted by atomic mass is 35.5. The van der Waals surface area contributed by atoms with Crippen LogP contribution in [0.25, 0.3) is 11.3 Å². The minimum absolute atomic E-state index is 0.00425. The molecule has 3 amide bonds. The molecule has 1 fully saturated rings. The molecule has 0 aliphatic carbocycles. The zero-order valence-corrected chi connectivity index (χ0v) is 24.7. The van der Waals surface area contributed by atoms with E-state index in [1.54, 1.807) is 21.7 Å². The third kappa shape index (κ3) is 8.48. The van der Waals surface area contributed by atoms with Crippen molar-refractivity contribution in [2.75, 3.05) is 52.1 Å². The predicted octanol–water partition coefficient (Wildman–Crippen LogP) is 3.28. The van der Waals surface area contributed by atoms with Gasteiger partial charge in [-0.15, -0.1) is 0 Å². The smallest absolute Gasteiger partial charge is 0.387 e. The van der Waals surface area contributed by atoms with Crippen molar-refractivity contribution in [3.05, 3.63) is 64.8 Å². The summed E-state index contributed by atoms with van der Waals surface area (Å²) in [6, 6.07) is 7.95. The second-order valence-corrected chi connectivity index (χ2v) is 10.1. The van der Waals surface area contributed by atoms with Crippen molar-refractivity contribution in [1.29, 1.82) is 0 Å². The molecular formula is C28H30ClF3N6O6. The normalized spacial score (nSPS) is 12.9. The standard InChI is InChI=1S/C27H28ClF3N6O4.CH2O2/c1-34(2)15-23(38)36-8-10-37(11-9-36)26(40)18-6-5-17(13-19(18)28)33-25(39)24-32-14-21(35(24)3)16-4-7-22(20(29)12-16)41-27(30)31;2-1-3/h4-7,12-14,27H,8-11,15H2,1-3H3,(H,33,39);1H,(H,2,3). The molecule has 44 heavy (non-hydrogen) atoms. The quantitative estimate of drug-likeness (QED) is 0.359. The summed E-state index contributed by atoms with van der Waals surface area (Å²) in [5.41, 5.74) is 1.24. The number of halogens is 4. The first-order chi connectivity index (χ1) is 20.9. The van der Waals surface area contributed by atoms with E-state index in [0.29, 0.717) is 49.7 Å². The number of piperazine rings is 1. The number of likely N-dealkylation sites (N-methyl/N-ethyl adjacent to an activating group) is 1. The third-order valence-corrected chi connectivity index (χ3v) is 6.78. The van der Waals surface area contributed by atoms with Crippen molar-refractivity contribution in [2.24, 2.45) is 7.05 Å². The summed E-state index contributed by atoms with van der Waals surface area (Å²) in [7, 11) is 5.18. The molecule has 0 atom stereocenters. The molecule has 2 heterocycles. The predicted molar refractivity (Wildman–Crippen MR) is 154 cm³/mol. The fraction of sp³-hybridized carbons (Fsp3) is 0.321. The first kappa shape index (κ1) is 33.9. The van der Waals surface area contributed by atoms with Crippen molar-refractivity contribution >= 4 is 41.5 Å². The third-order valence-electron chi connectivity index (χ3n) is 6.46. The van der Waals surface area contributed by atoms with Gasteiger partial charge in [0, 0.05) is 44.5 Å². The number of hydrogen-bond donors (Lipinski definition) is 2. The van der Waals surface area contributed by atoms with Crippen LogP contribution in [0.1, 0.15) is 21.0 Å². The van der Waals surface area contributed by atoms with Crippen LogP contribution in [0.3, 0.4) is 0 Å². The molecule has 16 heteroatoms. The maximum Gasteiger partial charge on any atom is 0.387 e. The van der Waals surface area contributed by atoms with Crippen molar-refractivity contribution in [1.82, 2.24) is 24.3 Å². The Hall–Kier alpha value is -4.63. The Labute approximate surface area is 255 Å². The van der Waals surface area contributed by atoms with Gasteiger partial charge >= 0.3 is 6.61 Å². The number of nitrogens with zero attached hydrogens (tertiary/aromatic N) is 5. The largest absolute Gasteiger partial charge is 0.483 e. The van der Waals surface area contributed by atoms with Gasteiger partial charge in [-0.1, -0.05) is 11.6 Å². The van der Waals surface area contributed by atoms with Gasteiger partial charge < -0.3 is 34.4 Å². The van der Waals surface area contributed by atoms with Crippen molar-refractivity contribution < 1.29 is 42.2 Å². The minimum Gasteiger partial charge on any atom is -0.483 e. The highest BCUT2D eigenvalue weighted by Gasteiger charge is 2.26. The van der Waals surface area contributed by atoms with Gasteiger partial charge in [-0.3, -0.25) is 19.2 Å². The molecule has 0 saturated carbocycles. The lowest BCUT2D eigenvalue weighted by Crippen LogP contribution is -2.52. The van der Waals surface area contributed by atoms with E-state index < -0.39 is 24.1 Å². The molecule has 1 aliphatic heterocycles. The van der Waals surface area contributed by atoms with Gasteiger partial charge in [0.25, 0.3) is 18.3 Å². The number of alkyl halides is 2. The highest BCUT2D eigenvalue weighted by Crippen LogP contribution is 2.28. The number of anilines is 1. The van der Waals surface area contributed by atoms with Gasteiger partial charge in [0.1, 0.15) is 0 Å². The van der Waals surface area contributed by atoms with Crippen LogP contribution >= 0.6 is 11.6 Å². The van der Waals surface area contributed by atoms with Gasteiger partial charge in [-0.05, 0) is 50.5 Å². The van der Waals surface area contributed by atoms with Crippen LogP contribution in [0.4, 0.5) is 18.9 Å². The Kier molecular flexibility index (Phi) is 11.7. The van der Waals surface area contributed by atoms with Crippen LogP contribution in [0.15, 0.2) is 42.6 Å². The molecule has 4 rings (SSSR count). The maximum absolute atomic E-state index is 14.2. The Morgan fingerprint density at radius 3 is 2.32 bits per heavy atom. The van der Waals surface area contributed by atoms with Gasteiger partial charge in [-0.25, -0.2) is 9.37 Å². The summed E-state index contributed by atoms with van der Waals surface area (Å²) in [4.78, 5) is 55.9. The lowest BCUT2D eigenvalue weighted by Gasteiger charge is -2.35. The number of carbonyl (C=O) groups is 4. The van der Waals surface area contributed by atoms with E-state index in [1.807, 2.05) is 14.1 Å². The molecule has 12 nitrogen and oxygen atoms in total. The van der Waals surface area contributed by atoms with E-state index in [9.17, 15) is 27.6 Å². The molecular weight excluding hydrogens is 609 g/mol. The molecule has 236 valence electrons. The van der Waals surface area contributed by atoms with Gasteiger partial charge in [0.05, 0.1) is 29.0 Å². The topological polar surface area (TPSA) is 137 Å². The number of nitrogens with one attached hydrogen (secondary N) is 1. The van der Waals surface area contributed by atoms with Crippen LogP contribution in [0.5, 0.6) is 5.75 Å². The average Bonchev–Trinajstić information content (AvgIpc) is 3.35. The van der Waals surface area contributed by atoms with Gasteiger partial charge in [0.15, 0.2) is 17.4 Å². The van der Waals surface area contributed by atoms with Crippen molar-refractivity contribution in [3.8, 4) is 17.0 Å². The van der Waals surface area contributed by atoms with Crippen LogP contribution in [-0.2, 0) is 16.6 Å². The lowest BCUT2D eigenvalue weighted by atomic mass is 10.1. The first-order valence-electron chi connectivity index (χ1n) is 13.0. The number of benzene rings is 2. The monoisotopic (exact) mass is 638 g/mol. The van der Waals surface area contributed by atoms with Crippen molar-refractivity contribution in [2.45, 2.75) is 6.61 Å². The molecule has 0 spiro atoms. The second-order valence-electron chi connectivity index (χ2n) is 9.71. The summed E-state index contributed by atoms with van der Waals surface area (Å²) >= 11 is 6.40. The fourth-order valence-corrected chi connectivity index (χ4v) is 4.65. The Bertz CT molecular complexity index is 1510. The number of aromatic nitrogens is 2. The zero-order valence-electron chi connectivity index (χ0n) is 24.0. The molecule has 0 unspecified atom stereocenters. The molecule has 1 aromatic heterocycles. The molecule has 1 saturated heterocycles. The summed E-state index contributed by atoms with van der Waals surface area (Å²) in [5.74, 6) is -2.46. The Morgan fingerprint density at radius 2 is 1.75 bits per heavy atom. The summed E-state index contributed by atoms with van der Waals surface area (Å²) in [6.07, 6.45) is 1.35. The Morgan fingerprint density at radius 1 is 1.11 bits per heavy atom. The molecule has 0 radical (unpaired) electrons. The number of ether oxygens (including phenoxy) is 1. The Balaban J connectivity index is 0.00000169. The molecule has 3 aromatic rings. The molecule has 2 aromatic carbocycles. The summed E-state index contributed by atoms with van der Waals surface area (Å²) in [5, 5.41) is 9.70. The average molecular weight is 639 g/mol. The van der Waals surface area contributed by atoms with E-state index in [0.717, 1.165) is 12.1 Å². The SMILES string of the molecule is CN(C)CC(=O)N1CCN(C(=O)c2ccc(NC(=O)c3ncc(-c4ccc(OC(F)F)c(F)c4)n3C)cc2Cl)CC1.O=CO. The number of hydrogen-bond acceptors (Lipinski definition) is 7. The summed E-state index contributed by atoms with van der Waals surface area (Å²) < 4.78 is 44.6. The fourth-order valence-electron chi connectivity index (χ4n) is 4.39. The number of amides is 3. The van der Waals surface area contributed by atoms with Gasteiger partial charge in [-0.2, -0.15) is 8.78 Å². The second kappa shape index (κ2) is 15.2. The molecule has 0 bridgehead atoms. The van der Waals surface area contributed by atoms with Gasteiger partial charge in [0.2, 0.25) is 5.91 Å². The number of rotatable bonds is 8. The maximum atomic E-state index is 14.2. The number of imidazole rings is 1. The van der Waals surface area contributed by atoms with Crippen LogP contribution in [-0.4, -0.2) is 107 Å². The van der Waals surface area contributed by atoms with Crippen LogP contribution < -0.4 is 10.1 Å². The number of carboxylic acid groups (broad SMARTS) is 1. The van der Waals surface area contributed by atoms with Crippen molar-refractivity contribution in [3.63, 3.8) is 0 Å². The van der Waals surface area contributed by atoms with E-state index in [2.05, 4.69) is 15.0 Å². The van der Waals surface area contributed by atoms with E-state index in [4.69, 9.17) is 21.5 Å². The van der Waals surface area contributed by atoms with E-state index in [-0.39, 0.29) is 34.7 Å². The van der Waals surface area contributed by atoms with Crippen LogP contribution in [0, 0.1) is 5.82 Å².